The molecular formula is C21H22FN5O7. The SMILES string of the molecule is CC(=O)NCC1CN(c2ccc(N3CCN(C(=O)c4ccc([N+](=O)[O-])o4)CC3)c(F)c2)C(=O)O1. The van der Waals surface area contributed by atoms with E-state index < -0.39 is 34.7 Å². The van der Waals surface area contributed by atoms with Crippen LogP contribution in [0.2, 0.25) is 0 Å². The Morgan fingerprint density at radius 3 is 2.56 bits per heavy atom. The van der Waals surface area contributed by atoms with Gasteiger partial charge in [0.15, 0.2) is 5.76 Å². The van der Waals surface area contributed by atoms with Crippen LogP contribution in [0.25, 0.3) is 0 Å². The highest BCUT2D eigenvalue weighted by Crippen LogP contribution is 2.29. The van der Waals surface area contributed by atoms with Gasteiger partial charge in [0.1, 0.15) is 16.8 Å². The number of nitro groups is 1. The number of carbonyl (C=O) groups is 3. The lowest BCUT2D eigenvalue weighted by atomic mass is 10.2. The molecule has 1 atom stereocenters. The summed E-state index contributed by atoms with van der Waals surface area (Å²) in [6.07, 6.45) is -1.15. The molecule has 0 aliphatic carbocycles. The minimum Gasteiger partial charge on any atom is -0.442 e. The quantitative estimate of drug-likeness (QED) is 0.493. The number of rotatable bonds is 6. The molecule has 2 saturated heterocycles. The zero-order valence-corrected chi connectivity index (χ0v) is 18.2. The van der Waals surface area contributed by atoms with Crippen LogP contribution in [0.3, 0.4) is 0 Å². The summed E-state index contributed by atoms with van der Waals surface area (Å²) in [5, 5.41) is 13.3. The summed E-state index contributed by atoms with van der Waals surface area (Å²) < 4.78 is 25.1. The van der Waals surface area contributed by atoms with E-state index in [1.54, 1.807) is 17.0 Å². The van der Waals surface area contributed by atoms with Gasteiger partial charge in [-0.05, 0) is 24.3 Å². The van der Waals surface area contributed by atoms with Crippen molar-refractivity contribution in [1.82, 2.24) is 10.2 Å². The molecule has 1 N–H and O–H groups in total. The summed E-state index contributed by atoms with van der Waals surface area (Å²) in [7, 11) is 0. The average molecular weight is 475 g/mol. The Balaban J connectivity index is 1.36. The van der Waals surface area contributed by atoms with Crippen LogP contribution in [0.15, 0.2) is 34.7 Å². The third-order valence-corrected chi connectivity index (χ3v) is 5.59. The Morgan fingerprint density at radius 2 is 1.94 bits per heavy atom. The van der Waals surface area contributed by atoms with E-state index in [9.17, 15) is 28.9 Å². The molecule has 0 saturated carbocycles. The van der Waals surface area contributed by atoms with Crippen molar-refractivity contribution in [3.63, 3.8) is 0 Å². The molecule has 0 bridgehead atoms. The molecule has 2 aliphatic heterocycles. The third-order valence-electron chi connectivity index (χ3n) is 5.59. The van der Waals surface area contributed by atoms with Crippen LogP contribution in [0.1, 0.15) is 17.5 Å². The zero-order chi connectivity index (χ0) is 24.4. The van der Waals surface area contributed by atoms with E-state index in [1.165, 1.54) is 28.9 Å². The Hall–Kier alpha value is -4.16. The molecular weight excluding hydrogens is 453 g/mol. The lowest BCUT2D eigenvalue weighted by Crippen LogP contribution is -2.49. The molecule has 13 heteroatoms. The molecule has 12 nitrogen and oxygen atoms in total. The fourth-order valence-electron chi connectivity index (χ4n) is 3.86. The smallest absolute Gasteiger partial charge is 0.433 e. The number of piperazine rings is 1. The molecule has 4 rings (SSSR count). The Kier molecular flexibility index (Phi) is 6.34. The number of cyclic esters (lactones) is 1. The Labute approximate surface area is 193 Å². The van der Waals surface area contributed by atoms with Gasteiger partial charge in [-0.15, -0.1) is 0 Å². The highest BCUT2D eigenvalue weighted by Gasteiger charge is 2.33. The summed E-state index contributed by atoms with van der Waals surface area (Å²) in [4.78, 5) is 50.3. The van der Waals surface area contributed by atoms with Crippen LogP contribution in [0.4, 0.5) is 26.4 Å². The Morgan fingerprint density at radius 1 is 1.21 bits per heavy atom. The van der Waals surface area contributed by atoms with Crippen molar-refractivity contribution in [1.29, 1.82) is 0 Å². The number of amides is 3. The summed E-state index contributed by atoms with van der Waals surface area (Å²) in [5.74, 6) is -1.86. The van der Waals surface area contributed by atoms with Crippen LogP contribution in [0.5, 0.6) is 0 Å². The number of anilines is 2. The number of nitrogens with zero attached hydrogens (tertiary/aromatic N) is 4. The first-order valence-electron chi connectivity index (χ1n) is 10.5. The van der Waals surface area contributed by atoms with Crippen LogP contribution in [0, 0.1) is 15.9 Å². The van der Waals surface area contributed by atoms with Gasteiger partial charge in [-0.2, -0.15) is 0 Å². The van der Waals surface area contributed by atoms with Gasteiger partial charge >= 0.3 is 12.0 Å². The monoisotopic (exact) mass is 475 g/mol. The minimum absolute atomic E-state index is 0.120. The van der Waals surface area contributed by atoms with E-state index in [-0.39, 0.29) is 37.8 Å². The van der Waals surface area contributed by atoms with Gasteiger partial charge in [-0.1, -0.05) is 0 Å². The molecule has 3 heterocycles. The zero-order valence-electron chi connectivity index (χ0n) is 18.2. The lowest BCUT2D eigenvalue weighted by Gasteiger charge is -2.36. The predicted molar refractivity (Wildman–Crippen MR) is 116 cm³/mol. The van der Waals surface area contributed by atoms with Crippen molar-refractivity contribution in [3.05, 3.63) is 52.0 Å². The van der Waals surface area contributed by atoms with Gasteiger partial charge in [0.2, 0.25) is 5.91 Å². The van der Waals surface area contributed by atoms with E-state index in [1.807, 2.05) is 0 Å². The van der Waals surface area contributed by atoms with E-state index in [0.29, 0.717) is 24.5 Å². The van der Waals surface area contributed by atoms with Crippen molar-refractivity contribution in [2.24, 2.45) is 0 Å². The number of hydrogen-bond donors (Lipinski definition) is 1. The fraction of sp³-hybridized carbons (Fsp3) is 0.381. The number of carbonyl (C=O) groups excluding carboxylic acids is 3. The first-order valence-corrected chi connectivity index (χ1v) is 10.5. The maximum absolute atomic E-state index is 14.9. The number of hydrogen-bond acceptors (Lipinski definition) is 8. The second-order valence-corrected chi connectivity index (χ2v) is 7.86. The van der Waals surface area contributed by atoms with Gasteiger partial charge < -0.3 is 24.3 Å². The summed E-state index contributed by atoms with van der Waals surface area (Å²) in [5.41, 5.74) is 0.664. The predicted octanol–water partition coefficient (Wildman–Crippen LogP) is 1.75. The number of ether oxygens (including phenoxy) is 1. The van der Waals surface area contributed by atoms with Crippen molar-refractivity contribution in [2.45, 2.75) is 13.0 Å². The molecule has 2 aliphatic rings. The Bertz CT molecular complexity index is 1130. The molecule has 0 radical (unpaired) electrons. The maximum atomic E-state index is 14.9. The van der Waals surface area contributed by atoms with Crippen molar-refractivity contribution < 1.29 is 32.9 Å². The first kappa shape index (κ1) is 23.0. The molecule has 2 aromatic rings. The number of halogens is 1. The summed E-state index contributed by atoms with van der Waals surface area (Å²) >= 11 is 0. The molecule has 180 valence electrons. The van der Waals surface area contributed by atoms with Crippen LogP contribution >= 0.6 is 0 Å². The maximum Gasteiger partial charge on any atom is 0.433 e. The highest BCUT2D eigenvalue weighted by atomic mass is 19.1. The summed E-state index contributed by atoms with van der Waals surface area (Å²) in [6, 6.07) is 6.80. The van der Waals surface area contributed by atoms with E-state index in [4.69, 9.17) is 9.15 Å². The van der Waals surface area contributed by atoms with Gasteiger partial charge in [-0.25, -0.2) is 9.18 Å². The second kappa shape index (κ2) is 9.37. The number of nitrogens with one attached hydrogen (secondary N) is 1. The van der Waals surface area contributed by atoms with Crippen molar-refractivity contribution in [3.8, 4) is 0 Å². The van der Waals surface area contributed by atoms with E-state index >= 15 is 0 Å². The van der Waals surface area contributed by atoms with Crippen LogP contribution < -0.4 is 15.1 Å². The topological polar surface area (TPSA) is 138 Å². The van der Waals surface area contributed by atoms with Crippen molar-refractivity contribution in [2.75, 3.05) is 49.1 Å². The fourth-order valence-corrected chi connectivity index (χ4v) is 3.86. The molecule has 3 amide bonds. The lowest BCUT2D eigenvalue weighted by molar-refractivity contribution is -0.402. The normalized spacial score (nSPS) is 18.1. The molecule has 0 spiro atoms. The third kappa shape index (κ3) is 4.77. The molecule has 1 unspecified atom stereocenters. The van der Waals surface area contributed by atoms with Gasteiger partial charge in [0.25, 0.3) is 5.91 Å². The standard InChI is InChI=1S/C21H22FN5O7/c1-13(28)23-11-15-12-26(21(30)33-15)14-2-3-17(16(22)10-14)24-6-8-25(9-7-24)20(29)18-4-5-19(34-18)27(31)32/h2-5,10,15H,6-9,11-12H2,1H3,(H,23,28). The van der Waals surface area contributed by atoms with E-state index in [0.717, 1.165) is 6.07 Å². The minimum atomic E-state index is -0.716. The first-order chi connectivity index (χ1) is 16.2. The van der Waals surface area contributed by atoms with Gasteiger partial charge in [0, 0.05) is 33.1 Å². The van der Waals surface area contributed by atoms with Crippen molar-refractivity contribution >= 4 is 35.2 Å². The molecule has 1 aromatic heterocycles. The summed E-state index contributed by atoms with van der Waals surface area (Å²) in [6.45, 7) is 2.96. The second-order valence-electron chi connectivity index (χ2n) is 7.86. The molecule has 1 aromatic carbocycles. The largest absolute Gasteiger partial charge is 0.442 e. The molecule has 34 heavy (non-hydrogen) atoms. The van der Waals surface area contributed by atoms with E-state index in [2.05, 4.69) is 5.32 Å². The average Bonchev–Trinajstić information content (AvgIpc) is 3.44. The van der Waals surface area contributed by atoms with Crippen LogP contribution in [-0.4, -0.2) is 73.1 Å². The van der Waals surface area contributed by atoms with Gasteiger partial charge in [-0.3, -0.25) is 24.6 Å². The number of benzene rings is 1. The van der Waals surface area contributed by atoms with Crippen LogP contribution in [-0.2, 0) is 9.53 Å². The highest BCUT2D eigenvalue weighted by molar-refractivity contribution is 5.92. The molecule has 2 fully saturated rings. The number of furan rings is 1. The van der Waals surface area contributed by atoms with Gasteiger partial charge in [0.05, 0.1) is 30.5 Å².